The number of rotatable bonds is 11. The van der Waals surface area contributed by atoms with Gasteiger partial charge in [-0.3, -0.25) is 0 Å². The molecule has 0 aliphatic heterocycles. The molecule has 0 bridgehead atoms. The molecule has 98 valence electrons. The topological polar surface area (TPSA) is 52.5 Å². The molecule has 3 heteroatoms. The van der Waals surface area contributed by atoms with E-state index in [-0.39, 0.29) is 6.10 Å². The molecular weight excluding hydrogens is 202 g/mol. The first kappa shape index (κ1) is 15.9. The number of hydrogen-bond donors (Lipinski definition) is 3. The molecule has 0 aromatic heterocycles. The second-order valence-electron chi connectivity index (χ2n) is 4.49. The largest absolute Gasteiger partial charge is 0.396 e. The maximum atomic E-state index is 9.85. The van der Waals surface area contributed by atoms with Crippen molar-refractivity contribution in [3.63, 3.8) is 0 Å². The van der Waals surface area contributed by atoms with Gasteiger partial charge < -0.3 is 15.5 Å². The van der Waals surface area contributed by atoms with E-state index in [0.29, 0.717) is 19.1 Å². The number of nitrogens with one attached hydrogen (secondary N) is 1. The van der Waals surface area contributed by atoms with Crippen LogP contribution in [0.1, 0.15) is 52.4 Å². The molecule has 0 radical (unpaired) electrons. The van der Waals surface area contributed by atoms with E-state index in [1.54, 1.807) is 0 Å². The van der Waals surface area contributed by atoms with Gasteiger partial charge >= 0.3 is 0 Å². The van der Waals surface area contributed by atoms with Crippen molar-refractivity contribution < 1.29 is 10.2 Å². The highest BCUT2D eigenvalue weighted by molar-refractivity contribution is 4.68. The third-order valence-corrected chi connectivity index (χ3v) is 3.21. The molecule has 0 aromatic rings. The van der Waals surface area contributed by atoms with Crippen molar-refractivity contribution >= 4 is 0 Å². The molecule has 3 N–H and O–H groups in total. The normalized spacial score (nSPS) is 13.3. The Morgan fingerprint density at radius 2 is 1.62 bits per heavy atom. The maximum absolute atomic E-state index is 9.85. The summed E-state index contributed by atoms with van der Waals surface area (Å²) in [4.78, 5) is 0. The lowest BCUT2D eigenvalue weighted by Crippen LogP contribution is -2.33. The van der Waals surface area contributed by atoms with E-state index in [9.17, 15) is 5.11 Å². The second-order valence-corrected chi connectivity index (χ2v) is 4.49. The van der Waals surface area contributed by atoms with Crippen LogP contribution in [0.2, 0.25) is 0 Å². The Hall–Kier alpha value is -0.120. The predicted octanol–water partition coefficient (Wildman–Crippen LogP) is 1.93. The van der Waals surface area contributed by atoms with Crippen molar-refractivity contribution in [1.82, 2.24) is 5.32 Å². The summed E-state index contributed by atoms with van der Waals surface area (Å²) in [6.07, 6.45) is 6.21. The molecule has 0 saturated heterocycles. The fraction of sp³-hybridized carbons (Fsp3) is 1.00. The highest BCUT2D eigenvalue weighted by atomic mass is 16.3. The average molecular weight is 231 g/mol. The fourth-order valence-electron chi connectivity index (χ4n) is 1.96. The third-order valence-electron chi connectivity index (χ3n) is 3.21. The minimum Gasteiger partial charge on any atom is -0.396 e. The van der Waals surface area contributed by atoms with Crippen LogP contribution in [0.15, 0.2) is 0 Å². The number of unbranched alkanes of at least 4 members (excludes halogenated alkanes) is 3. The molecule has 0 aliphatic carbocycles. The number of aliphatic hydroxyl groups excluding tert-OH is 2. The Labute approximate surface area is 100 Å². The molecule has 0 heterocycles. The first-order chi connectivity index (χ1) is 7.76. The molecule has 0 amide bonds. The predicted molar refractivity (Wildman–Crippen MR) is 68.5 cm³/mol. The van der Waals surface area contributed by atoms with Crippen LogP contribution in [0.4, 0.5) is 0 Å². The van der Waals surface area contributed by atoms with E-state index in [1.807, 2.05) is 0 Å². The van der Waals surface area contributed by atoms with Gasteiger partial charge in [0.25, 0.3) is 0 Å². The van der Waals surface area contributed by atoms with Crippen molar-refractivity contribution in [3.05, 3.63) is 0 Å². The summed E-state index contributed by atoms with van der Waals surface area (Å²) in [5.74, 6) is 0.432. The van der Waals surface area contributed by atoms with E-state index in [1.165, 1.54) is 0 Å². The Balaban J connectivity index is 3.30. The van der Waals surface area contributed by atoms with Gasteiger partial charge in [-0.1, -0.05) is 39.5 Å². The van der Waals surface area contributed by atoms with Gasteiger partial charge in [0.1, 0.15) is 0 Å². The number of hydrogen-bond acceptors (Lipinski definition) is 3. The zero-order chi connectivity index (χ0) is 12.2. The third kappa shape index (κ3) is 8.08. The van der Waals surface area contributed by atoms with Crippen molar-refractivity contribution in [1.29, 1.82) is 0 Å². The SMILES string of the molecule is CCC(CC)C(O)CNCCCCCCO. The van der Waals surface area contributed by atoms with Crippen molar-refractivity contribution in [2.45, 2.75) is 58.5 Å². The van der Waals surface area contributed by atoms with Crippen LogP contribution >= 0.6 is 0 Å². The second kappa shape index (κ2) is 11.4. The van der Waals surface area contributed by atoms with Gasteiger partial charge in [-0.05, 0) is 25.3 Å². The summed E-state index contributed by atoms with van der Waals surface area (Å²) < 4.78 is 0. The Morgan fingerprint density at radius 3 is 2.19 bits per heavy atom. The zero-order valence-electron chi connectivity index (χ0n) is 10.9. The molecule has 0 spiro atoms. The van der Waals surface area contributed by atoms with E-state index in [0.717, 1.165) is 45.1 Å². The van der Waals surface area contributed by atoms with Crippen LogP contribution in [-0.4, -0.2) is 36.0 Å². The molecular formula is C13H29NO2. The van der Waals surface area contributed by atoms with Gasteiger partial charge in [-0.15, -0.1) is 0 Å². The van der Waals surface area contributed by atoms with Gasteiger partial charge in [0.05, 0.1) is 6.10 Å². The summed E-state index contributed by atoms with van der Waals surface area (Å²) in [6.45, 7) is 6.26. The van der Waals surface area contributed by atoms with Crippen LogP contribution in [0.25, 0.3) is 0 Å². The van der Waals surface area contributed by atoms with Crippen LogP contribution in [0.5, 0.6) is 0 Å². The highest BCUT2D eigenvalue weighted by Gasteiger charge is 2.14. The lowest BCUT2D eigenvalue weighted by atomic mass is 9.96. The average Bonchev–Trinajstić information content (AvgIpc) is 2.29. The minimum absolute atomic E-state index is 0.201. The Kier molecular flexibility index (Phi) is 11.3. The fourth-order valence-corrected chi connectivity index (χ4v) is 1.96. The van der Waals surface area contributed by atoms with Crippen LogP contribution in [0, 0.1) is 5.92 Å². The van der Waals surface area contributed by atoms with Gasteiger partial charge in [0.15, 0.2) is 0 Å². The van der Waals surface area contributed by atoms with Crippen LogP contribution in [-0.2, 0) is 0 Å². The first-order valence-electron chi connectivity index (χ1n) is 6.75. The van der Waals surface area contributed by atoms with Gasteiger partial charge in [-0.2, -0.15) is 0 Å². The molecule has 16 heavy (non-hydrogen) atoms. The van der Waals surface area contributed by atoms with Crippen molar-refractivity contribution in [3.8, 4) is 0 Å². The monoisotopic (exact) mass is 231 g/mol. The summed E-state index contributed by atoms with van der Waals surface area (Å²) in [7, 11) is 0. The Bertz CT molecular complexity index is 138. The van der Waals surface area contributed by atoms with Crippen molar-refractivity contribution in [2.75, 3.05) is 19.7 Å². The van der Waals surface area contributed by atoms with E-state index < -0.39 is 0 Å². The minimum atomic E-state index is -0.201. The summed E-state index contributed by atoms with van der Waals surface area (Å²) in [6, 6.07) is 0. The maximum Gasteiger partial charge on any atom is 0.0692 e. The summed E-state index contributed by atoms with van der Waals surface area (Å²) in [5, 5.41) is 21.8. The standard InChI is InChI=1S/C13H29NO2/c1-3-12(4-2)13(16)11-14-9-7-5-6-8-10-15/h12-16H,3-11H2,1-2H3. The highest BCUT2D eigenvalue weighted by Crippen LogP contribution is 2.12. The van der Waals surface area contributed by atoms with Gasteiger partial charge in [-0.25, -0.2) is 0 Å². The lowest BCUT2D eigenvalue weighted by Gasteiger charge is -2.20. The van der Waals surface area contributed by atoms with Crippen LogP contribution in [0.3, 0.4) is 0 Å². The summed E-state index contributed by atoms with van der Waals surface area (Å²) in [5.41, 5.74) is 0. The van der Waals surface area contributed by atoms with Gasteiger partial charge in [0, 0.05) is 13.2 Å². The zero-order valence-corrected chi connectivity index (χ0v) is 10.9. The number of aliphatic hydroxyl groups is 2. The molecule has 0 aromatic carbocycles. The van der Waals surface area contributed by atoms with Crippen molar-refractivity contribution in [2.24, 2.45) is 5.92 Å². The van der Waals surface area contributed by atoms with E-state index in [2.05, 4.69) is 19.2 Å². The first-order valence-corrected chi connectivity index (χ1v) is 6.75. The molecule has 0 saturated carbocycles. The quantitative estimate of drug-likeness (QED) is 0.476. The molecule has 3 nitrogen and oxygen atoms in total. The van der Waals surface area contributed by atoms with Crippen LogP contribution < -0.4 is 5.32 Å². The molecule has 1 unspecified atom stereocenters. The van der Waals surface area contributed by atoms with E-state index in [4.69, 9.17) is 5.11 Å². The van der Waals surface area contributed by atoms with E-state index >= 15 is 0 Å². The summed E-state index contributed by atoms with van der Waals surface area (Å²) >= 11 is 0. The lowest BCUT2D eigenvalue weighted by molar-refractivity contribution is 0.101. The molecule has 0 aliphatic rings. The smallest absolute Gasteiger partial charge is 0.0692 e. The van der Waals surface area contributed by atoms with Gasteiger partial charge in [0.2, 0.25) is 0 Å². The molecule has 0 rings (SSSR count). The Morgan fingerprint density at radius 1 is 1.00 bits per heavy atom. The molecule has 1 atom stereocenters. The molecule has 0 fully saturated rings.